The summed E-state index contributed by atoms with van der Waals surface area (Å²) in [6, 6.07) is 6.11. The topological polar surface area (TPSA) is 38.4 Å². The lowest BCUT2D eigenvalue weighted by Gasteiger charge is -2.19. The molecule has 1 aromatic carbocycles. The maximum absolute atomic E-state index is 5.83. The van der Waals surface area contributed by atoms with Gasteiger partial charge in [0, 0.05) is 24.5 Å². The van der Waals surface area contributed by atoms with Crippen LogP contribution in [0.1, 0.15) is 31.9 Å². The van der Waals surface area contributed by atoms with Gasteiger partial charge < -0.3 is 5.73 Å². The van der Waals surface area contributed by atoms with E-state index in [1.54, 1.807) is 13.3 Å². The predicted molar refractivity (Wildman–Crippen MR) is 63.1 cm³/mol. The van der Waals surface area contributed by atoms with Gasteiger partial charge in [0.2, 0.25) is 0 Å². The molecule has 2 N–H and O–H groups in total. The van der Waals surface area contributed by atoms with E-state index in [2.05, 4.69) is 37.9 Å². The zero-order chi connectivity index (χ0) is 10.8. The summed E-state index contributed by atoms with van der Waals surface area (Å²) in [5, 5.41) is 0. The van der Waals surface area contributed by atoms with Gasteiger partial charge in [0.15, 0.2) is 0 Å². The van der Waals surface area contributed by atoms with Gasteiger partial charge in [0.05, 0.1) is 0 Å². The molecular formula is C12H18N2. The third-order valence-corrected chi connectivity index (χ3v) is 2.22. The average molecular weight is 190 g/mol. The summed E-state index contributed by atoms with van der Waals surface area (Å²) in [4.78, 5) is 3.98. The SMILES string of the molecule is CN=Cc1cc(C(C)(C)C)ccc1N. The van der Waals surface area contributed by atoms with Gasteiger partial charge in [-0.05, 0) is 23.1 Å². The highest BCUT2D eigenvalue weighted by Crippen LogP contribution is 2.24. The lowest BCUT2D eigenvalue weighted by Crippen LogP contribution is -2.11. The lowest BCUT2D eigenvalue weighted by atomic mass is 9.86. The lowest BCUT2D eigenvalue weighted by molar-refractivity contribution is 0.590. The van der Waals surface area contributed by atoms with Crippen molar-refractivity contribution in [2.75, 3.05) is 12.8 Å². The van der Waals surface area contributed by atoms with Crippen molar-refractivity contribution < 1.29 is 0 Å². The van der Waals surface area contributed by atoms with Crippen LogP contribution in [-0.2, 0) is 5.41 Å². The fourth-order valence-corrected chi connectivity index (χ4v) is 1.29. The molecule has 0 unspecified atom stereocenters. The van der Waals surface area contributed by atoms with Crippen molar-refractivity contribution in [2.45, 2.75) is 26.2 Å². The molecule has 0 bridgehead atoms. The number of nitrogen functional groups attached to an aromatic ring is 1. The number of rotatable bonds is 1. The summed E-state index contributed by atoms with van der Waals surface area (Å²) in [5.41, 5.74) is 9.04. The van der Waals surface area contributed by atoms with Crippen molar-refractivity contribution in [3.8, 4) is 0 Å². The molecule has 0 aliphatic heterocycles. The molecule has 0 amide bonds. The zero-order valence-electron chi connectivity index (χ0n) is 9.33. The van der Waals surface area contributed by atoms with Crippen LogP contribution in [0.3, 0.4) is 0 Å². The van der Waals surface area contributed by atoms with Crippen LogP contribution in [0.2, 0.25) is 0 Å². The van der Waals surface area contributed by atoms with E-state index in [0.29, 0.717) is 0 Å². The number of hydrogen-bond donors (Lipinski definition) is 1. The van der Waals surface area contributed by atoms with Crippen molar-refractivity contribution >= 4 is 11.9 Å². The average Bonchev–Trinajstić information content (AvgIpc) is 2.07. The Morgan fingerprint density at radius 2 is 1.93 bits per heavy atom. The maximum Gasteiger partial charge on any atom is 0.0403 e. The van der Waals surface area contributed by atoms with Crippen molar-refractivity contribution in [2.24, 2.45) is 4.99 Å². The number of benzene rings is 1. The van der Waals surface area contributed by atoms with Gasteiger partial charge in [-0.15, -0.1) is 0 Å². The Hall–Kier alpha value is -1.31. The third kappa shape index (κ3) is 2.34. The second-order valence-electron chi connectivity index (χ2n) is 4.48. The second-order valence-corrected chi connectivity index (χ2v) is 4.48. The molecule has 0 heterocycles. The summed E-state index contributed by atoms with van der Waals surface area (Å²) in [7, 11) is 1.75. The third-order valence-electron chi connectivity index (χ3n) is 2.22. The monoisotopic (exact) mass is 190 g/mol. The summed E-state index contributed by atoms with van der Waals surface area (Å²) in [5.74, 6) is 0. The van der Waals surface area contributed by atoms with E-state index in [0.717, 1.165) is 11.3 Å². The fourth-order valence-electron chi connectivity index (χ4n) is 1.29. The largest absolute Gasteiger partial charge is 0.398 e. The van der Waals surface area contributed by atoms with E-state index in [9.17, 15) is 0 Å². The fraction of sp³-hybridized carbons (Fsp3) is 0.417. The molecule has 0 saturated heterocycles. The molecule has 0 fully saturated rings. The summed E-state index contributed by atoms with van der Waals surface area (Å²) < 4.78 is 0. The summed E-state index contributed by atoms with van der Waals surface area (Å²) >= 11 is 0. The minimum Gasteiger partial charge on any atom is -0.398 e. The van der Waals surface area contributed by atoms with E-state index in [1.165, 1.54) is 5.56 Å². The molecule has 1 rings (SSSR count). The Balaban J connectivity index is 3.19. The van der Waals surface area contributed by atoms with Gasteiger partial charge in [-0.1, -0.05) is 26.8 Å². The quantitative estimate of drug-likeness (QED) is 0.536. The highest BCUT2D eigenvalue weighted by atomic mass is 14.6. The first-order chi connectivity index (χ1) is 6.45. The summed E-state index contributed by atoms with van der Waals surface area (Å²) in [6.07, 6.45) is 1.80. The highest BCUT2D eigenvalue weighted by Gasteiger charge is 2.14. The second kappa shape index (κ2) is 3.82. The van der Waals surface area contributed by atoms with Crippen LogP contribution in [0.5, 0.6) is 0 Å². The molecule has 0 aliphatic carbocycles. The Kier molecular flexibility index (Phi) is 2.94. The molecule has 0 saturated carbocycles. The Labute approximate surface area is 85.9 Å². The first-order valence-electron chi connectivity index (χ1n) is 4.77. The standard InChI is InChI=1S/C12H18N2/c1-12(2,3)10-5-6-11(13)9(7-10)8-14-4/h5-8H,13H2,1-4H3. The first-order valence-corrected chi connectivity index (χ1v) is 4.77. The molecule has 2 nitrogen and oxygen atoms in total. The molecule has 0 radical (unpaired) electrons. The van der Waals surface area contributed by atoms with Crippen molar-refractivity contribution in [1.82, 2.24) is 0 Å². The first kappa shape index (κ1) is 10.8. The van der Waals surface area contributed by atoms with Crippen LogP contribution in [0.25, 0.3) is 0 Å². The molecule has 1 aromatic rings. The Morgan fingerprint density at radius 1 is 1.29 bits per heavy atom. The van der Waals surface area contributed by atoms with Gasteiger partial charge in [-0.3, -0.25) is 4.99 Å². The van der Waals surface area contributed by atoms with Gasteiger partial charge in [-0.25, -0.2) is 0 Å². The van der Waals surface area contributed by atoms with E-state index in [-0.39, 0.29) is 5.41 Å². The molecule has 0 atom stereocenters. The van der Waals surface area contributed by atoms with E-state index in [4.69, 9.17) is 5.73 Å². The number of nitrogens with zero attached hydrogens (tertiary/aromatic N) is 1. The van der Waals surface area contributed by atoms with Gasteiger partial charge in [-0.2, -0.15) is 0 Å². The molecular weight excluding hydrogens is 172 g/mol. The van der Waals surface area contributed by atoms with Crippen LogP contribution < -0.4 is 5.73 Å². The smallest absolute Gasteiger partial charge is 0.0403 e. The molecule has 0 aromatic heterocycles. The van der Waals surface area contributed by atoms with E-state index in [1.807, 2.05) is 6.07 Å². The van der Waals surface area contributed by atoms with Gasteiger partial charge in [0.1, 0.15) is 0 Å². The van der Waals surface area contributed by atoms with Crippen LogP contribution in [0.15, 0.2) is 23.2 Å². The minimum atomic E-state index is 0.157. The minimum absolute atomic E-state index is 0.157. The molecule has 76 valence electrons. The number of anilines is 1. The van der Waals surface area contributed by atoms with Crippen molar-refractivity contribution in [3.05, 3.63) is 29.3 Å². The van der Waals surface area contributed by atoms with Crippen molar-refractivity contribution in [3.63, 3.8) is 0 Å². The van der Waals surface area contributed by atoms with Gasteiger partial charge >= 0.3 is 0 Å². The predicted octanol–water partition coefficient (Wildman–Crippen LogP) is 2.62. The molecule has 2 heteroatoms. The van der Waals surface area contributed by atoms with Crippen LogP contribution >= 0.6 is 0 Å². The van der Waals surface area contributed by atoms with E-state index < -0.39 is 0 Å². The summed E-state index contributed by atoms with van der Waals surface area (Å²) in [6.45, 7) is 6.56. The zero-order valence-corrected chi connectivity index (χ0v) is 9.33. The number of hydrogen-bond acceptors (Lipinski definition) is 2. The molecule has 0 spiro atoms. The van der Waals surface area contributed by atoms with Crippen LogP contribution in [-0.4, -0.2) is 13.3 Å². The number of nitrogens with two attached hydrogens (primary N) is 1. The Bertz CT molecular complexity index is 346. The van der Waals surface area contributed by atoms with Gasteiger partial charge in [0.25, 0.3) is 0 Å². The number of aliphatic imine (C=N–C) groups is 1. The van der Waals surface area contributed by atoms with Crippen LogP contribution in [0, 0.1) is 0 Å². The van der Waals surface area contributed by atoms with Crippen LogP contribution in [0.4, 0.5) is 5.69 Å². The normalized spacial score (nSPS) is 12.3. The highest BCUT2D eigenvalue weighted by molar-refractivity contribution is 5.87. The van der Waals surface area contributed by atoms with Crippen molar-refractivity contribution in [1.29, 1.82) is 0 Å². The van der Waals surface area contributed by atoms with E-state index >= 15 is 0 Å². The maximum atomic E-state index is 5.83. The molecule has 0 aliphatic rings. The Morgan fingerprint density at radius 3 is 2.43 bits per heavy atom. The molecule has 14 heavy (non-hydrogen) atoms.